The van der Waals surface area contributed by atoms with Crippen LogP contribution >= 0.6 is 11.8 Å². The van der Waals surface area contributed by atoms with Crippen molar-refractivity contribution >= 4 is 28.7 Å². The monoisotopic (exact) mass is 525 g/mol. The van der Waals surface area contributed by atoms with Crippen LogP contribution in [0.3, 0.4) is 0 Å². The van der Waals surface area contributed by atoms with Gasteiger partial charge in [-0.25, -0.2) is 19.0 Å². The van der Waals surface area contributed by atoms with Crippen LogP contribution in [0.15, 0.2) is 23.4 Å². The predicted octanol–water partition coefficient (Wildman–Crippen LogP) is 2.18. The minimum Gasteiger partial charge on any atom is -0.394 e. The van der Waals surface area contributed by atoms with Gasteiger partial charge in [0.2, 0.25) is 0 Å². The summed E-state index contributed by atoms with van der Waals surface area (Å²) in [5.74, 6) is -1.57. The first kappa shape index (κ1) is 18.0. The number of aliphatic hydroxyl groups is 3. The SMILES string of the molecule is [2H]C([2H])(O)CO[C@H]1C[C@@H](n2nnc3c(N[C@@H]4C[C@@]4([2H])c4ccc(C)c(F)c4)nc(SC([2H])([2H])C([2H])([2H])C)nc32)[C@H](O)[C@@H]1O. The van der Waals surface area contributed by atoms with Crippen molar-refractivity contribution in [2.75, 3.05) is 24.2 Å². The molecule has 1 aromatic carbocycles. The van der Waals surface area contributed by atoms with Crippen LogP contribution in [0, 0.1) is 12.7 Å². The Hall–Kier alpha value is -2.38. The van der Waals surface area contributed by atoms with E-state index in [9.17, 15) is 19.7 Å². The molecule has 2 saturated carbocycles. The largest absolute Gasteiger partial charge is 0.394 e. The van der Waals surface area contributed by atoms with Crippen LogP contribution in [0.25, 0.3) is 11.2 Å². The average Bonchev–Trinajstić information content (AvgIpc) is 3.20. The van der Waals surface area contributed by atoms with Crippen molar-refractivity contribution in [2.45, 2.75) is 74.5 Å². The molecule has 4 N–H and O–H groups in total. The zero-order valence-corrected chi connectivity index (χ0v) is 20.3. The minimum absolute atomic E-state index is 0.0134. The summed E-state index contributed by atoms with van der Waals surface area (Å²) < 4.78 is 76.4. The van der Waals surface area contributed by atoms with Gasteiger partial charge in [0.25, 0.3) is 0 Å². The van der Waals surface area contributed by atoms with E-state index < -0.39 is 67.4 Å². The average molecular weight is 526 g/mol. The third-order valence-electron chi connectivity index (χ3n) is 6.36. The molecule has 10 nitrogen and oxygen atoms in total. The predicted molar refractivity (Wildman–Crippen MR) is 133 cm³/mol. The zero-order chi connectivity index (χ0) is 31.7. The maximum atomic E-state index is 14.3. The van der Waals surface area contributed by atoms with Crippen LogP contribution < -0.4 is 5.32 Å². The maximum Gasteiger partial charge on any atom is 0.191 e. The lowest BCUT2D eigenvalue weighted by Gasteiger charge is -2.17. The number of fused-ring (bicyclic) bond motifs is 1. The number of thioether (sulfide) groups is 1. The Labute approximate surface area is 222 Å². The first-order chi connectivity index (χ1) is 19.8. The van der Waals surface area contributed by atoms with E-state index in [1.807, 2.05) is 0 Å². The van der Waals surface area contributed by atoms with Crippen molar-refractivity contribution in [3.8, 4) is 0 Å². The van der Waals surface area contributed by atoms with Crippen LogP contribution in [0.4, 0.5) is 10.2 Å². The summed E-state index contributed by atoms with van der Waals surface area (Å²) in [4.78, 5) is 8.74. The summed E-state index contributed by atoms with van der Waals surface area (Å²) in [7, 11) is 0. The van der Waals surface area contributed by atoms with Gasteiger partial charge in [-0.2, -0.15) is 0 Å². The lowest BCUT2D eigenvalue weighted by molar-refractivity contribution is -0.0629. The topological polar surface area (TPSA) is 138 Å². The molecule has 0 amide bonds. The second kappa shape index (κ2) is 10.5. The van der Waals surface area contributed by atoms with Gasteiger partial charge in [-0.1, -0.05) is 36.0 Å². The van der Waals surface area contributed by atoms with Crippen molar-refractivity contribution in [3.05, 3.63) is 35.1 Å². The molecule has 0 radical (unpaired) electrons. The fourth-order valence-electron chi connectivity index (χ4n) is 4.37. The highest BCUT2D eigenvalue weighted by atomic mass is 32.2. The normalized spacial score (nSPS) is 33.7. The molecule has 36 heavy (non-hydrogen) atoms. The Kier molecular flexibility index (Phi) is 5.26. The molecule has 0 bridgehead atoms. The summed E-state index contributed by atoms with van der Waals surface area (Å²) in [6.07, 6.45) is -6.06. The standard InChI is InChI=1S/C24H31FN6O4S/c1-3-8-36-24-27-22(26-16-10-14(16)13-5-4-12(2)15(25)9-13)19-23(28-24)31(30-29-19)17-11-18(35-7-6-32)21(34)20(17)33/h4-5,9,14,16-18,20-21,32-34H,3,6-8,10-11H2,1-2H3,(H,26,27,28)/t14-,16+,17+,18-,20-,21+/m0/s1/i3D2,6D2,8D2,14D. The number of aryl methyl sites for hydroxylation is 1. The van der Waals surface area contributed by atoms with Crippen LogP contribution in [0.5, 0.6) is 0 Å². The molecule has 2 aromatic heterocycles. The number of nitrogens with zero attached hydrogens (tertiary/aromatic N) is 5. The molecule has 0 unspecified atom stereocenters. The van der Waals surface area contributed by atoms with E-state index in [-0.39, 0.29) is 28.6 Å². The third-order valence-corrected chi connectivity index (χ3v) is 7.03. The Bertz CT molecular complexity index is 1530. The number of hydrogen-bond acceptors (Lipinski definition) is 10. The molecular weight excluding hydrogens is 487 g/mol. The van der Waals surface area contributed by atoms with Crippen molar-refractivity contribution in [1.29, 1.82) is 0 Å². The second-order valence-corrected chi connectivity index (χ2v) is 9.47. The maximum absolute atomic E-state index is 14.3. The molecule has 3 aromatic rings. The van der Waals surface area contributed by atoms with Gasteiger partial charge >= 0.3 is 0 Å². The fourth-order valence-corrected chi connectivity index (χ4v) is 4.83. The lowest BCUT2D eigenvalue weighted by Crippen LogP contribution is -2.33. The highest BCUT2D eigenvalue weighted by Crippen LogP contribution is 2.44. The highest BCUT2D eigenvalue weighted by Gasteiger charge is 2.45. The Balaban J connectivity index is 1.50. The van der Waals surface area contributed by atoms with E-state index in [0.29, 0.717) is 29.3 Å². The molecular formula is C24H31FN6O4S. The van der Waals surface area contributed by atoms with Gasteiger partial charge in [0.15, 0.2) is 22.1 Å². The minimum atomic E-state index is -2.66. The number of benzene rings is 1. The molecule has 5 rings (SSSR count). The van der Waals surface area contributed by atoms with Crippen LogP contribution in [0.1, 0.15) is 58.8 Å². The number of nitrogens with one attached hydrogen (secondary N) is 1. The molecule has 194 valence electrons. The quantitative estimate of drug-likeness (QED) is 0.230. The van der Waals surface area contributed by atoms with Crippen molar-refractivity contribution in [3.63, 3.8) is 0 Å². The van der Waals surface area contributed by atoms with E-state index >= 15 is 0 Å². The molecule has 0 spiro atoms. The number of aliphatic hydroxyl groups excluding tert-OH is 2. The molecule has 2 fully saturated rings. The molecule has 12 heteroatoms. The number of ether oxygens (including phenoxy) is 1. The molecule has 0 aliphatic heterocycles. The fraction of sp³-hybridized carbons (Fsp3) is 0.583. The molecule has 2 heterocycles. The summed E-state index contributed by atoms with van der Waals surface area (Å²) in [6.45, 7) is -0.714. The second-order valence-electron chi connectivity index (χ2n) is 8.70. The van der Waals surface area contributed by atoms with Crippen molar-refractivity contribution < 1.29 is 34.0 Å². The van der Waals surface area contributed by atoms with Crippen LogP contribution in [0.2, 0.25) is 0 Å². The third kappa shape index (κ3) is 4.92. The smallest absolute Gasteiger partial charge is 0.191 e. The molecule has 0 saturated heterocycles. The van der Waals surface area contributed by atoms with Gasteiger partial charge in [-0.3, -0.25) is 0 Å². The van der Waals surface area contributed by atoms with Gasteiger partial charge in [-0.05, 0) is 36.9 Å². The molecule has 2 aliphatic rings. The van der Waals surface area contributed by atoms with E-state index in [4.69, 9.17) is 14.3 Å². The lowest BCUT2D eigenvalue weighted by atomic mass is 10.1. The van der Waals surface area contributed by atoms with Gasteiger partial charge in [-0.15, -0.1) is 5.10 Å². The van der Waals surface area contributed by atoms with E-state index in [1.165, 1.54) is 10.7 Å². The summed E-state index contributed by atoms with van der Waals surface area (Å²) in [5.41, 5.74) is -1.47. The number of anilines is 1. The first-order valence-corrected chi connectivity index (χ1v) is 12.2. The number of hydrogen-bond donors (Lipinski definition) is 4. The van der Waals surface area contributed by atoms with E-state index in [2.05, 4.69) is 25.6 Å². The number of rotatable bonds is 10. The number of aromatic nitrogens is 5. The summed E-state index contributed by atoms with van der Waals surface area (Å²) in [6, 6.07) is 3.05. The van der Waals surface area contributed by atoms with Gasteiger partial charge < -0.3 is 25.4 Å². The van der Waals surface area contributed by atoms with Crippen LogP contribution in [-0.4, -0.2) is 83.5 Å². The molecule has 2 aliphatic carbocycles. The van der Waals surface area contributed by atoms with Crippen LogP contribution in [-0.2, 0) is 4.74 Å². The van der Waals surface area contributed by atoms with Crippen molar-refractivity contribution in [2.24, 2.45) is 0 Å². The summed E-state index contributed by atoms with van der Waals surface area (Å²) >= 11 is 0.421. The first-order valence-electron chi connectivity index (χ1n) is 14.9. The van der Waals surface area contributed by atoms with Gasteiger partial charge in [0.05, 0.1) is 28.1 Å². The highest BCUT2D eigenvalue weighted by molar-refractivity contribution is 7.99. The Morgan fingerprint density at radius 1 is 1.31 bits per heavy atom. The number of halogens is 1. The van der Waals surface area contributed by atoms with E-state index in [0.717, 1.165) is 6.92 Å². The Morgan fingerprint density at radius 3 is 2.89 bits per heavy atom. The zero-order valence-electron chi connectivity index (χ0n) is 26.5. The van der Waals surface area contributed by atoms with E-state index in [1.54, 1.807) is 19.1 Å². The molecule has 6 atom stereocenters. The van der Waals surface area contributed by atoms with Gasteiger partial charge in [0, 0.05) is 30.9 Å². The summed E-state index contributed by atoms with van der Waals surface area (Å²) in [5, 5.41) is 41.9. The Morgan fingerprint density at radius 2 is 2.14 bits per heavy atom. The van der Waals surface area contributed by atoms with Crippen molar-refractivity contribution in [1.82, 2.24) is 25.0 Å². The van der Waals surface area contributed by atoms with Gasteiger partial charge in [0.1, 0.15) is 18.0 Å².